The first-order valence-corrected chi connectivity index (χ1v) is 21.1. The molecule has 0 aromatic heterocycles. The van der Waals surface area contributed by atoms with Gasteiger partial charge in [-0.1, -0.05) is 39.3 Å². The normalized spacial score (nSPS) is 57.4. The number of aliphatic hydroxyl groups is 8. The van der Waals surface area contributed by atoms with Crippen molar-refractivity contribution < 1.29 is 69.3 Å². The first-order chi connectivity index (χ1) is 26.2. The van der Waals surface area contributed by atoms with E-state index >= 15 is 0 Å². The molecule has 4 saturated heterocycles. The van der Waals surface area contributed by atoms with Crippen molar-refractivity contribution >= 4 is 0 Å². The zero-order valence-corrected chi connectivity index (χ0v) is 34.1. The van der Waals surface area contributed by atoms with Crippen LogP contribution in [0.1, 0.15) is 99.8 Å². The maximum Gasteiger partial charge on any atom is 0.187 e. The summed E-state index contributed by atoms with van der Waals surface area (Å²) in [5.74, 6) is 0.123. The quantitative estimate of drug-likeness (QED) is 0.135. The Balaban J connectivity index is 1.01. The molecule has 0 aromatic carbocycles. The highest BCUT2D eigenvalue weighted by molar-refractivity contribution is 5.26. The van der Waals surface area contributed by atoms with Gasteiger partial charge in [0.2, 0.25) is 0 Å². The monoisotopic (exact) mass is 796 g/mol. The molecule has 8 aliphatic rings. The Labute approximate surface area is 330 Å². The Hall–Kier alpha value is -0.820. The van der Waals surface area contributed by atoms with E-state index < -0.39 is 86.0 Å². The fourth-order valence-electron chi connectivity index (χ4n) is 14.6. The fraction of sp³-hybridized carbons (Fsp3) is 0.952. The molecule has 0 radical (unpaired) electrons. The minimum absolute atomic E-state index is 0.0284. The Bertz CT molecular complexity index is 1500. The maximum absolute atomic E-state index is 12.1. The first-order valence-electron chi connectivity index (χ1n) is 21.1. The van der Waals surface area contributed by atoms with E-state index in [2.05, 4.69) is 47.6 Å². The van der Waals surface area contributed by atoms with Gasteiger partial charge >= 0.3 is 0 Å². The number of aliphatic hydroxyl groups excluding tert-OH is 7. The zero-order chi connectivity index (χ0) is 40.5. The second-order valence-corrected chi connectivity index (χ2v) is 20.6. The van der Waals surface area contributed by atoms with Crippen molar-refractivity contribution in [1.29, 1.82) is 0 Å². The number of hydrogen-bond acceptors (Lipinski definition) is 14. The summed E-state index contributed by atoms with van der Waals surface area (Å²) in [6.45, 7) is 14.9. The van der Waals surface area contributed by atoms with Crippen LogP contribution < -0.4 is 0 Å². The van der Waals surface area contributed by atoms with Crippen molar-refractivity contribution in [2.75, 3.05) is 19.8 Å². The van der Waals surface area contributed by atoms with E-state index in [1.54, 1.807) is 0 Å². The third-order valence-electron chi connectivity index (χ3n) is 17.0. The van der Waals surface area contributed by atoms with E-state index in [1.165, 1.54) is 5.57 Å². The molecule has 320 valence electrons. The summed E-state index contributed by atoms with van der Waals surface area (Å²) in [5, 5.41) is 85.9. The summed E-state index contributed by atoms with van der Waals surface area (Å²) in [4.78, 5) is 0. The van der Waals surface area contributed by atoms with E-state index in [9.17, 15) is 40.9 Å². The zero-order valence-electron chi connectivity index (χ0n) is 34.1. The molecule has 14 nitrogen and oxygen atoms in total. The van der Waals surface area contributed by atoms with Crippen LogP contribution in [-0.2, 0) is 28.4 Å². The van der Waals surface area contributed by atoms with Crippen molar-refractivity contribution in [3.8, 4) is 0 Å². The lowest BCUT2D eigenvalue weighted by atomic mass is 9.35. The van der Waals surface area contributed by atoms with Gasteiger partial charge in [0.1, 0.15) is 48.8 Å². The van der Waals surface area contributed by atoms with Gasteiger partial charge in [0.05, 0.1) is 37.6 Å². The van der Waals surface area contributed by atoms with Crippen LogP contribution in [0.3, 0.4) is 0 Å². The molecule has 14 heteroatoms. The van der Waals surface area contributed by atoms with Gasteiger partial charge in [-0.3, -0.25) is 0 Å². The second kappa shape index (κ2) is 14.1. The molecule has 21 atom stereocenters. The van der Waals surface area contributed by atoms with Gasteiger partial charge < -0.3 is 69.3 Å². The highest BCUT2D eigenvalue weighted by Crippen LogP contribution is 2.80. The predicted molar refractivity (Wildman–Crippen MR) is 198 cm³/mol. The summed E-state index contributed by atoms with van der Waals surface area (Å²) >= 11 is 0. The van der Waals surface area contributed by atoms with Gasteiger partial charge in [-0.2, -0.15) is 0 Å². The molecule has 4 aliphatic carbocycles. The third-order valence-corrected chi connectivity index (χ3v) is 17.0. The van der Waals surface area contributed by atoms with Crippen LogP contribution in [0.5, 0.6) is 0 Å². The van der Waals surface area contributed by atoms with Crippen LogP contribution >= 0.6 is 0 Å². The number of ether oxygens (including phenoxy) is 6. The summed E-state index contributed by atoms with van der Waals surface area (Å²) in [6.07, 6.45) is -6.46. The van der Waals surface area contributed by atoms with Crippen molar-refractivity contribution in [1.82, 2.24) is 0 Å². The minimum Gasteiger partial charge on any atom is -0.394 e. The molecule has 2 bridgehead atoms. The van der Waals surface area contributed by atoms with E-state index in [0.29, 0.717) is 31.3 Å². The Kier molecular flexibility index (Phi) is 10.6. The fourth-order valence-corrected chi connectivity index (χ4v) is 14.6. The molecule has 8 N–H and O–H groups in total. The topological polar surface area (TPSA) is 217 Å². The third kappa shape index (κ3) is 5.94. The molecule has 2 spiro atoms. The van der Waals surface area contributed by atoms with Crippen LogP contribution in [0.25, 0.3) is 0 Å². The van der Waals surface area contributed by atoms with Crippen molar-refractivity contribution in [3.05, 3.63) is 11.6 Å². The van der Waals surface area contributed by atoms with E-state index in [0.717, 1.165) is 38.5 Å². The number of hydrogen-bond donors (Lipinski definition) is 8. The molecule has 4 saturated carbocycles. The van der Waals surface area contributed by atoms with Gasteiger partial charge in [-0.05, 0) is 93.3 Å². The van der Waals surface area contributed by atoms with Crippen molar-refractivity contribution in [2.45, 2.75) is 185 Å². The molecule has 4 heterocycles. The van der Waals surface area contributed by atoms with Crippen LogP contribution in [0.2, 0.25) is 0 Å². The lowest BCUT2D eigenvalue weighted by Crippen LogP contribution is -2.68. The SMILES string of the molecule is CC(C)=CC1CC(C)(O)C2C3CC[C@@H]4[C@@]5(C)CC[C@H](O[C@@H]6O[C@H](CO)[C@@H](O)[C@H](O[C@@H]7O[C@H](CO)[C@@H](O)[C@H](O)[C@H]7O)[C@H]6O)C(C)(C)[C@@H]5CC[C@@]4(C)[C@@]34CO[C@@]2(C4)O1. The van der Waals surface area contributed by atoms with E-state index in [-0.39, 0.29) is 45.7 Å². The molecule has 4 unspecified atom stereocenters. The first kappa shape index (κ1) is 41.9. The summed E-state index contributed by atoms with van der Waals surface area (Å²) in [6, 6.07) is 0. The number of rotatable bonds is 7. The summed E-state index contributed by atoms with van der Waals surface area (Å²) < 4.78 is 37.8. The molecule has 0 amide bonds. The van der Waals surface area contributed by atoms with E-state index in [1.807, 2.05) is 6.92 Å². The Morgan fingerprint density at radius 3 is 2.07 bits per heavy atom. The highest BCUT2D eigenvalue weighted by atomic mass is 16.7. The second-order valence-electron chi connectivity index (χ2n) is 20.6. The predicted octanol–water partition coefficient (Wildman–Crippen LogP) is 1.50. The minimum atomic E-state index is -1.75. The largest absolute Gasteiger partial charge is 0.394 e. The Morgan fingerprint density at radius 1 is 0.750 bits per heavy atom. The lowest BCUT2D eigenvalue weighted by molar-refractivity contribution is -0.370. The van der Waals surface area contributed by atoms with E-state index in [4.69, 9.17) is 28.4 Å². The van der Waals surface area contributed by atoms with Crippen LogP contribution in [-0.4, -0.2) is 146 Å². The van der Waals surface area contributed by atoms with Gasteiger partial charge in [0.25, 0.3) is 0 Å². The smallest absolute Gasteiger partial charge is 0.187 e. The van der Waals surface area contributed by atoms with Crippen LogP contribution in [0, 0.1) is 45.3 Å². The summed E-state index contributed by atoms with van der Waals surface area (Å²) in [5.41, 5.74) is -0.269. The van der Waals surface area contributed by atoms with Gasteiger partial charge in [0, 0.05) is 24.2 Å². The maximum atomic E-state index is 12.1. The average molecular weight is 797 g/mol. The number of allylic oxidation sites excluding steroid dienone is 1. The molecular weight excluding hydrogens is 728 g/mol. The van der Waals surface area contributed by atoms with Gasteiger partial charge in [-0.25, -0.2) is 0 Å². The van der Waals surface area contributed by atoms with Crippen molar-refractivity contribution in [3.63, 3.8) is 0 Å². The molecule has 8 fully saturated rings. The average Bonchev–Trinajstić information content (AvgIpc) is 3.64. The lowest BCUT2D eigenvalue weighted by Gasteiger charge is -2.70. The molecule has 4 aliphatic heterocycles. The number of fused-ring (bicyclic) bond motifs is 4. The van der Waals surface area contributed by atoms with Crippen molar-refractivity contribution in [2.24, 2.45) is 45.3 Å². The van der Waals surface area contributed by atoms with Crippen LogP contribution in [0.15, 0.2) is 11.6 Å². The standard InChI is InChI=1S/C42H68O14/c1-20(2)14-21-15-40(7,50)34-22-8-9-26-38(5)12-11-27(37(3,4)25(38)10-13-39(26,6)41(22)18-42(34,56-21)51-19-41)54-36-32(49)33(29(46)24(17-44)53-36)55-35-31(48)30(47)28(45)23(16-43)52-35/h14,21-36,43-50H,8-13,15-19H2,1-7H3/t21?,22?,23-,24-,25+,26-,27+,28-,29-,30+,31-,32-,33+,34?,35+,36+,38+,39-,40?,41+,42+/m1/s1. The van der Waals surface area contributed by atoms with Gasteiger partial charge in [0.15, 0.2) is 18.4 Å². The highest BCUT2D eigenvalue weighted by Gasteiger charge is 2.81. The van der Waals surface area contributed by atoms with Gasteiger partial charge in [-0.15, -0.1) is 0 Å². The molecule has 0 aromatic rings. The van der Waals surface area contributed by atoms with Crippen LogP contribution in [0.4, 0.5) is 0 Å². The Morgan fingerprint density at radius 2 is 1.41 bits per heavy atom. The molecular formula is C42H68O14. The summed E-state index contributed by atoms with van der Waals surface area (Å²) in [7, 11) is 0. The molecule has 56 heavy (non-hydrogen) atoms. The molecule has 8 rings (SSSR count).